The van der Waals surface area contributed by atoms with E-state index in [1.807, 2.05) is 39.0 Å². The highest BCUT2D eigenvalue weighted by molar-refractivity contribution is 7.19. The van der Waals surface area contributed by atoms with E-state index in [1.54, 1.807) is 6.20 Å². The smallest absolute Gasteiger partial charge is 0.435 e. The van der Waals surface area contributed by atoms with Crippen molar-refractivity contribution in [3.05, 3.63) is 24.4 Å². The lowest BCUT2D eigenvalue weighted by Crippen LogP contribution is -2.43. The predicted octanol–water partition coefficient (Wildman–Crippen LogP) is 2.82. The number of piperazine rings is 1. The lowest BCUT2D eigenvalue weighted by atomic mass is 10.2. The van der Waals surface area contributed by atoms with Crippen molar-refractivity contribution < 1.29 is 9.53 Å². The third-order valence-corrected chi connectivity index (χ3v) is 5.09. The summed E-state index contributed by atoms with van der Waals surface area (Å²) in [6.45, 7) is 9.27. The van der Waals surface area contributed by atoms with E-state index in [4.69, 9.17) is 4.74 Å². The van der Waals surface area contributed by atoms with Crippen LogP contribution in [-0.4, -0.2) is 57.9 Å². The van der Waals surface area contributed by atoms with Gasteiger partial charge in [-0.2, -0.15) is 9.78 Å². The predicted molar refractivity (Wildman–Crippen MR) is 110 cm³/mol. The number of carbonyl (C=O) groups is 1. The Labute approximate surface area is 166 Å². The molecule has 2 N–H and O–H groups in total. The highest BCUT2D eigenvalue weighted by Crippen LogP contribution is 2.28. The molecule has 148 valence electrons. The van der Waals surface area contributed by atoms with E-state index in [9.17, 15) is 4.79 Å². The van der Waals surface area contributed by atoms with Gasteiger partial charge in [0.1, 0.15) is 5.60 Å². The number of hydrogen-bond donors (Lipinski definition) is 2. The van der Waals surface area contributed by atoms with Gasteiger partial charge in [0.05, 0.1) is 11.7 Å². The zero-order chi connectivity index (χ0) is 19.7. The van der Waals surface area contributed by atoms with Crippen LogP contribution in [0.2, 0.25) is 0 Å². The zero-order valence-corrected chi connectivity index (χ0v) is 16.9. The lowest BCUT2D eigenvalue weighted by Gasteiger charge is -2.26. The van der Waals surface area contributed by atoms with E-state index in [2.05, 4.69) is 30.8 Å². The number of carbonyl (C=O) groups excluding carboxylic acids is 1. The number of benzene rings is 1. The Kier molecular flexibility index (Phi) is 4.90. The minimum Gasteiger partial charge on any atom is -0.442 e. The highest BCUT2D eigenvalue weighted by Gasteiger charge is 2.20. The van der Waals surface area contributed by atoms with Crippen molar-refractivity contribution in [1.29, 1.82) is 0 Å². The lowest BCUT2D eigenvalue weighted by molar-refractivity contribution is 0.0522. The summed E-state index contributed by atoms with van der Waals surface area (Å²) in [5, 5.41) is 21.8. The minimum absolute atomic E-state index is 0.493. The third-order valence-electron chi connectivity index (χ3n) is 4.19. The zero-order valence-electron chi connectivity index (χ0n) is 16.1. The van der Waals surface area contributed by atoms with Crippen LogP contribution >= 0.6 is 11.3 Å². The summed E-state index contributed by atoms with van der Waals surface area (Å²) in [5.74, 6) is 0. The monoisotopic (exact) mass is 401 g/mol. The van der Waals surface area contributed by atoms with Crippen molar-refractivity contribution >= 4 is 44.3 Å². The Hall–Kier alpha value is -2.72. The molecule has 0 amide bonds. The van der Waals surface area contributed by atoms with Gasteiger partial charge in [0, 0.05) is 37.3 Å². The summed E-state index contributed by atoms with van der Waals surface area (Å²) in [5.41, 5.74) is 0.981. The molecule has 0 atom stereocenters. The molecule has 28 heavy (non-hydrogen) atoms. The van der Waals surface area contributed by atoms with Gasteiger partial charge in [-0.15, -0.1) is 10.2 Å². The molecular weight excluding hydrogens is 378 g/mol. The van der Waals surface area contributed by atoms with Gasteiger partial charge >= 0.3 is 6.09 Å². The fraction of sp³-hybridized carbons (Fsp3) is 0.444. The Morgan fingerprint density at radius 2 is 2.04 bits per heavy atom. The number of rotatable bonds is 3. The molecule has 9 nitrogen and oxygen atoms in total. The first kappa shape index (κ1) is 18.6. The first-order valence-electron chi connectivity index (χ1n) is 9.16. The van der Waals surface area contributed by atoms with Gasteiger partial charge < -0.3 is 20.3 Å². The first-order chi connectivity index (χ1) is 13.4. The molecule has 0 spiro atoms. The van der Waals surface area contributed by atoms with Crippen LogP contribution in [0, 0.1) is 0 Å². The number of aromatic nitrogens is 4. The molecule has 1 aliphatic heterocycles. The number of nitrogens with one attached hydrogen (secondary N) is 2. The summed E-state index contributed by atoms with van der Waals surface area (Å²) in [6.07, 6.45) is 1.16. The van der Waals surface area contributed by atoms with E-state index < -0.39 is 11.7 Å². The van der Waals surface area contributed by atoms with Crippen molar-refractivity contribution in [2.24, 2.45) is 0 Å². The van der Waals surface area contributed by atoms with Crippen LogP contribution in [0.4, 0.5) is 20.7 Å². The van der Waals surface area contributed by atoms with Crippen LogP contribution < -0.4 is 15.5 Å². The molecule has 1 saturated heterocycles. The second-order valence-electron chi connectivity index (χ2n) is 7.56. The van der Waals surface area contributed by atoms with E-state index in [-0.39, 0.29) is 0 Å². The second kappa shape index (κ2) is 7.36. The molecule has 0 bridgehead atoms. The van der Waals surface area contributed by atoms with Crippen molar-refractivity contribution in [3.63, 3.8) is 0 Å². The van der Waals surface area contributed by atoms with Crippen LogP contribution in [0.15, 0.2) is 24.4 Å². The van der Waals surface area contributed by atoms with Crippen LogP contribution in [-0.2, 0) is 4.74 Å². The molecule has 0 radical (unpaired) electrons. The molecule has 1 aromatic carbocycles. The summed E-state index contributed by atoms with van der Waals surface area (Å²) in [4.78, 5) is 14.5. The molecule has 10 heteroatoms. The van der Waals surface area contributed by atoms with Crippen LogP contribution in [0.25, 0.3) is 10.9 Å². The maximum absolute atomic E-state index is 12.3. The van der Waals surface area contributed by atoms with Crippen molar-refractivity contribution in [2.45, 2.75) is 26.4 Å². The molecule has 3 heterocycles. The van der Waals surface area contributed by atoms with Crippen LogP contribution in [0.1, 0.15) is 20.8 Å². The summed E-state index contributed by atoms with van der Waals surface area (Å²) in [7, 11) is 0. The van der Waals surface area contributed by atoms with Gasteiger partial charge in [0.2, 0.25) is 10.3 Å². The van der Waals surface area contributed by atoms with Crippen molar-refractivity contribution in [3.8, 4) is 0 Å². The summed E-state index contributed by atoms with van der Waals surface area (Å²) in [6, 6.07) is 5.65. The van der Waals surface area contributed by atoms with Gasteiger partial charge in [-0.05, 0) is 39.0 Å². The van der Waals surface area contributed by atoms with Gasteiger partial charge in [0.25, 0.3) is 0 Å². The summed E-state index contributed by atoms with van der Waals surface area (Å²) >= 11 is 1.53. The molecule has 1 aliphatic rings. The molecule has 1 fully saturated rings. The van der Waals surface area contributed by atoms with E-state index in [0.29, 0.717) is 5.52 Å². The standard InChI is InChI=1S/C18H23N7O2S/c1-18(2,3)27-17(26)25-14-5-4-13(10-12(14)11-20-25)21-15-22-23-16(28-15)24-8-6-19-7-9-24/h4-5,10-11,19H,6-9H2,1-3H3,(H,21,22). The number of ether oxygens (including phenoxy) is 1. The molecule has 4 rings (SSSR count). The van der Waals surface area contributed by atoms with Crippen LogP contribution in [0.3, 0.4) is 0 Å². The van der Waals surface area contributed by atoms with Crippen molar-refractivity contribution in [1.82, 2.24) is 25.3 Å². The minimum atomic E-state index is -0.573. The fourth-order valence-corrected chi connectivity index (χ4v) is 3.75. The van der Waals surface area contributed by atoms with E-state index >= 15 is 0 Å². The fourth-order valence-electron chi connectivity index (χ4n) is 2.93. The van der Waals surface area contributed by atoms with Gasteiger partial charge in [-0.25, -0.2) is 4.79 Å². The van der Waals surface area contributed by atoms with E-state index in [1.165, 1.54) is 16.0 Å². The number of fused-ring (bicyclic) bond motifs is 1. The maximum atomic E-state index is 12.3. The molecule has 0 unspecified atom stereocenters. The largest absolute Gasteiger partial charge is 0.442 e. The SMILES string of the molecule is CC(C)(C)OC(=O)n1ncc2cc(Nc3nnc(N4CCNCC4)s3)ccc21. The Bertz CT molecular complexity index is 985. The van der Waals surface area contributed by atoms with Gasteiger partial charge in [-0.1, -0.05) is 11.3 Å². The molecule has 0 saturated carbocycles. The first-order valence-corrected chi connectivity index (χ1v) is 9.98. The maximum Gasteiger partial charge on any atom is 0.435 e. The summed E-state index contributed by atoms with van der Waals surface area (Å²) < 4.78 is 6.67. The van der Waals surface area contributed by atoms with Crippen molar-refractivity contribution in [2.75, 3.05) is 36.4 Å². The topological polar surface area (TPSA) is 97.2 Å². The molecular formula is C18H23N7O2S. The molecule has 2 aromatic heterocycles. The second-order valence-corrected chi connectivity index (χ2v) is 8.52. The quantitative estimate of drug-likeness (QED) is 0.691. The third kappa shape index (κ3) is 4.07. The van der Waals surface area contributed by atoms with E-state index in [0.717, 1.165) is 47.5 Å². The number of nitrogens with zero attached hydrogens (tertiary/aromatic N) is 5. The van der Waals surface area contributed by atoms with Crippen LogP contribution in [0.5, 0.6) is 0 Å². The highest BCUT2D eigenvalue weighted by atomic mass is 32.1. The average molecular weight is 401 g/mol. The average Bonchev–Trinajstić information content (AvgIpc) is 3.28. The Morgan fingerprint density at radius 1 is 1.25 bits per heavy atom. The molecule has 3 aromatic rings. The van der Waals surface area contributed by atoms with Gasteiger partial charge in [-0.3, -0.25) is 0 Å². The Morgan fingerprint density at radius 3 is 2.79 bits per heavy atom. The Balaban J connectivity index is 1.50. The number of anilines is 3. The van der Waals surface area contributed by atoms with Gasteiger partial charge in [0.15, 0.2) is 0 Å². The normalized spacial score (nSPS) is 15.0. The number of hydrogen-bond acceptors (Lipinski definition) is 9. The molecule has 0 aliphatic carbocycles.